The molecule has 0 aromatic carbocycles. The maximum absolute atomic E-state index is 11.8. The minimum atomic E-state index is -0.532. The van der Waals surface area contributed by atoms with Gasteiger partial charge in [0, 0.05) is 0 Å². The van der Waals surface area contributed by atoms with Crippen molar-refractivity contribution < 1.29 is 9.53 Å². The van der Waals surface area contributed by atoms with Crippen LogP contribution < -0.4 is 5.32 Å². The van der Waals surface area contributed by atoms with Crippen LogP contribution in [-0.2, 0) is 9.53 Å². The molecule has 100 valence electrons. The van der Waals surface area contributed by atoms with Gasteiger partial charge in [-0.1, -0.05) is 0 Å². The van der Waals surface area contributed by atoms with E-state index < -0.39 is 5.54 Å². The monoisotopic (exact) mass is 242 g/mol. The van der Waals surface area contributed by atoms with Gasteiger partial charge in [0.15, 0.2) is 0 Å². The Morgan fingerprint density at radius 3 is 2.59 bits per heavy atom. The topological polar surface area (TPSA) is 41.6 Å². The van der Waals surface area contributed by atoms with Crippen molar-refractivity contribution in [3.63, 3.8) is 0 Å². The van der Waals surface area contributed by atoms with E-state index in [0.717, 1.165) is 19.4 Å². The van der Waals surface area contributed by atoms with Crippen molar-refractivity contribution in [1.29, 1.82) is 0 Å². The average Bonchev–Trinajstić information content (AvgIpc) is 2.82. The molecule has 1 aliphatic rings. The number of hydrogen-bond donors (Lipinski definition) is 1. The SMILES string of the molecule is CCOC(=O)C(C)(CCCN1CCCC1)NC. The van der Waals surface area contributed by atoms with E-state index in [0.29, 0.717) is 6.61 Å². The van der Waals surface area contributed by atoms with Gasteiger partial charge in [0.25, 0.3) is 0 Å². The van der Waals surface area contributed by atoms with Crippen LogP contribution in [0.4, 0.5) is 0 Å². The third-order valence-electron chi connectivity index (χ3n) is 3.63. The highest BCUT2D eigenvalue weighted by Gasteiger charge is 2.32. The predicted molar refractivity (Wildman–Crippen MR) is 69.0 cm³/mol. The number of likely N-dealkylation sites (tertiary alicyclic amines) is 1. The van der Waals surface area contributed by atoms with Gasteiger partial charge in [0.05, 0.1) is 6.61 Å². The normalized spacial score (nSPS) is 20.2. The maximum Gasteiger partial charge on any atom is 0.326 e. The summed E-state index contributed by atoms with van der Waals surface area (Å²) >= 11 is 0. The number of ether oxygens (including phenoxy) is 1. The molecule has 1 rings (SSSR count). The third-order valence-corrected chi connectivity index (χ3v) is 3.63. The van der Waals surface area contributed by atoms with E-state index >= 15 is 0 Å². The van der Waals surface area contributed by atoms with Crippen LogP contribution in [0.3, 0.4) is 0 Å². The highest BCUT2D eigenvalue weighted by Crippen LogP contribution is 2.16. The molecule has 4 nitrogen and oxygen atoms in total. The second-order valence-electron chi connectivity index (χ2n) is 4.95. The van der Waals surface area contributed by atoms with Crippen molar-refractivity contribution in [2.75, 3.05) is 33.3 Å². The molecule has 0 aromatic heterocycles. The lowest BCUT2D eigenvalue weighted by molar-refractivity contribution is -0.150. The molecule has 1 unspecified atom stereocenters. The first-order valence-corrected chi connectivity index (χ1v) is 6.71. The Hall–Kier alpha value is -0.610. The van der Waals surface area contributed by atoms with Gasteiger partial charge in [0.1, 0.15) is 5.54 Å². The fraction of sp³-hybridized carbons (Fsp3) is 0.923. The van der Waals surface area contributed by atoms with Gasteiger partial charge in [-0.3, -0.25) is 4.79 Å². The predicted octanol–water partition coefficient (Wildman–Crippen LogP) is 1.40. The number of rotatable bonds is 7. The van der Waals surface area contributed by atoms with Gasteiger partial charge in [-0.15, -0.1) is 0 Å². The summed E-state index contributed by atoms with van der Waals surface area (Å²) in [6.07, 6.45) is 4.51. The Kier molecular flexibility index (Phi) is 5.92. The maximum atomic E-state index is 11.8. The van der Waals surface area contributed by atoms with E-state index in [2.05, 4.69) is 10.2 Å². The number of carbonyl (C=O) groups is 1. The number of likely N-dealkylation sites (N-methyl/N-ethyl adjacent to an activating group) is 1. The Morgan fingerprint density at radius 1 is 1.41 bits per heavy atom. The summed E-state index contributed by atoms with van der Waals surface area (Å²) in [7, 11) is 1.83. The summed E-state index contributed by atoms with van der Waals surface area (Å²) in [5.41, 5.74) is -0.532. The molecule has 0 saturated carbocycles. The molecule has 1 saturated heterocycles. The molecule has 1 aliphatic heterocycles. The van der Waals surface area contributed by atoms with E-state index in [-0.39, 0.29) is 5.97 Å². The van der Waals surface area contributed by atoms with E-state index in [1.807, 2.05) is 20.9 Å². The Bertz CT molecular complexity index is 240. The number of esters is 1. The molecule has 0 spiro atoms. The van der Waals surface area contributed by atoms with Crippen molar-refractivity contribution in [2.24, 2.45) is 0 Å². The minimum Gasteiger partial charge on any atom is -0.465 e. The molecule has 1 fully saturated rings. The number of nitrogens with zero attached hydrogens (tertiary/aromatic N) is 1. The molecule has 17 heavy (non-hydrogen) atoms. The largest absolute Gasteiger partial charge is 0.465 e. The molecule has 4 heteroatoms. The van der Waals surface area contributed by atoms with Crippen molar-refractivity contribution in [3.8, 4) is 0 Å². The average molecular weight is 242 g/mol. The lowest BCUT2D eigenvalue weighted by atomic mass is 9.96. The van der Waals surface area contributed by atoms with E-state index in [1.165, 1.54) is 25.9 Å². The third kappa shape index (κ3) is 4.28. The van der Waals surface area contributed by atoms with E-state index in [9.17, 15) is 4.79 Å². The van der Waals surface area contributed by atoms with Crippen LogP contribution in [0.15, 0.2) is 0 Å². The fourth-order valence-electron chi connectivity index (χ4n) is 2.28. The zero-order chi connectivity index (χ0) is 12.7. The minimum absolute atomic E-state index is 0.135. The zero-order valence-corrected chi connectivity index (χ0v) is 11.4. The molecule has 1 atom stereocenters. The summed E-state index contributed by atoms with van der Waals surface area (Å²) in [6, 6.07) is 0. The smallest absolute Gasteiger partial charge is 0.326 e. The van der Waals surface area contributed by atoms with Gasteiger partial charge in [-0.25, -0.2) is 0 Å². The first kappa shape index (κ1) is 14.5. The van der Waals surface area contributed by atoms with E-state index in [4.69, 9.17) is 4.74 Å². The van der Waals surface area contributed by atoms with Crippen LogP contribution in [0.5, 0.6) is 0 Å². The van der Waals surface area contributed by atoms with Crippen molar-refractivity contribution in [3.05, 3.63) is 0 Å². The quantitative estimate of drug-likeness (QED) is 0.685. The zero-order valence-electron chi connectivity index (χ0n) is 11.4. The first-order chi connectivity index (χ1) is 8.12. The van der Waals surface area contributed by atoms with Gasteiger partial charge in [-0.2, -0.15) is 0 Å². The molecule has 0 aromatic rings. The van der Waals surface area contributed by atoms with Crippen molar-refractivity contribution >= 4 is 5.97 Å². The van der Waals surface area contributed by atoms with Crippen LogP contribution in [0, 0.1) is 0 Å². The Labute approximate surface area is 105 Å². The molecule has 1 N–H and O–H groups in total. The lowest BCUT2D eigenvalue weighted by Gasteiger charge is -2.27. The van der Waals surface area contributed by atoms with Crippen molar-refractivity contribution in [1.82, 2.24) is 10.2 Å². The van der Waals surface area contributed by atoms with Gasteiger partial charge in [-0.05, 0) is 66.2 Å². The van der Waals surface area contributed by atoms with E-state index in [1.54, 1.807) is 0 Å². The van der Waals surface area contributed by atoms with Gasteiger partial charge in [0.2, 0.25) is 0 Å². The second kappa shape index (κ2) is 6.97. The standard InChI is InChI=1S/C13H26N2O2/c1-4-17-12(16)13(2,14-3)8-7-11-15-9-5-6-10-15/h14H,4-11H2,1-3H3. The summed E-state index contributed by atoms with van der Waals surface area (Å²) in [6.45, 7) is 7.75. The Balaban J connectivity index is 2.31. The summed E-state index contributed by atoms with van der Waals surface area (Å²) in [4.78, 5) is 14.3. The van der Waals surface area contributed by atoms with Crippen LogP contribution in [-0.4, -0.2) is 49.7 Å². The number of hydrogen-bond acceptors (Lipinski definition) is 4. The molecular formula is C13H26N2O2. The van der Waals surface area contributed by atoms with Crippen LogP contribution in [0.25, 0.3) is 0 Å². The first-order valence-electron chi connectivity index (χ1n) is 6.71. The lowest BCUT2D eigenvalue weighted by Crippen LogP contribution is -2.49. The molecule has 0 bridgehead atoms. The molecule has 0 aliphatic carbocycles. The van der Waals surface area contributed by atoms with Gasteiger partial charge >= 0.3 is 5.97 Å². The van der Waals surface area contributed by atoms with Gasteiger partial charge < -0.3 is 15.0 Å². The van der Waals surface area contributed by atoms with Crippen LogP contribution >= 0.6 is 0 Å². The number of nitrogens with one attached hydrogen (secondary N) is 1. The summed E-state index contributed by atoms with van der Waals surface area (Å²) in [5.74, 6) is -0.135. The molecule has 1 heterocycles. The molecule has 0 amide bonds. The highest BCUT2D eigenvalue weighted by molar-refractivity contribution is 5.80. The Morgan fingerprint density at radius 2 is 2.06 bits per heavy atom. The number of carbonyl (C=O) groups excluding carboxylic acids is 1. The molecular weight excluding hydrogens is 216 g/mol. The van der Waals surface area contributed by atoms with Crippen LogP contribution in [0.1, 0.15) is 39.5 Å². The summed E-state index contributed by atoms with van der Waals surface area (Å²) in [5, 5.41) is 3.10. The summed E-state index contributed by atoms with van der Waals surface area (Å²) < 4.78 is 5.11. The van der Waals surface area contributed by atoms with Crippen molar-refractivity contribution in [2.45, 2.75) is 45.1 Å². The fourth-order valence-corrected chi connectivity index (χ4v) is 2.28. The molecule has 0 radical (unpaired) electrons. The second-order valence-corrected chi connectivity index (χ2v) is 4.95. The van der Waals surface area contributed by atoms with Crippen LogP contribution in [0.2, 0.25) is 0 Å². The highest BCUT2D eigenvalue weighted by atomic mass is 16.5.